The Morgan fingerprint density at radius 1 is 0.419 bits per heavy atom. The Morgan fingerprint density at radius 2 is 1.00 bits per heavy atom. The van der Waals surface area contributed by atoms with Gasteiger partial charge in [0.15, 0.2) is 23.0 Å². The van der Waals surface area contributed by atoms with Crippen molar-refractivity contribution in [1.82, 2.24) is 0 Å². The molecule has 4 aliphatic rings. The average Bonchev–Trinajstić information content (AvgIpc) is 4.01. The molecule has 0 atom stereocenters. The molecule has 0 radical (unpaired) electrons. The molecule has 14 rings (SSSR count). The van der Waals surface area contributed by atoms with Crippen LogP contribution in [-0.4, -0.2) is 0 Å². The molecule has 0 unspecified atom stereocenters. The molecule has 0 saturated carbocycles. The van der Waals surface area contributed by atoms with E-state index in [0.29, 0.717) is 11.5 Å². The number of benzene rings is 9. The Morgan fingerprint density at radius 3 is 1.77 bits per heavy atom. The van der Waals surface area contributed by atoms with Crippen LogP contribution in [0.25, 0.3) is 53.6 Å². The van der Waals surface area contributed by atoms with Crippen molar-refractivity contribution in [3.63, 3.8) is 0 Å². The minimum Gasteiger partial charge on any atom is -0.449 e. The normalized spacial score (nSPS) is 14.8. The predicted molar refractivity (Wildman–Crippen MR) is 254 cm³/mol. The average molecular weight is 812 g/mol. The minimum atomic E-state index is -0.472. The summed E-state index contributed by atoms with van der Waals surface area (Å²) in [4.78, 5) is 2.42. The van der Waals surface area contributed by atoms with Gasteiger partial charge in [-0.3, -0.25) is 0 Å². The maximum Gasteiger partial charge on any atom is 0.178 e. The third-order valence-corrected chi connectivity index (χ3v) is 15.4. The van der Waals surface area contributed by atoms with Gasteiger partial charge in [-0.05, 0) is 104 Å². The summed E-state index contributed by atoms with van der Waals surface area (Å²) in [5.41, 5.74) is 17.8. The van der Waals surface area contributed by atoms with Gasteiger partial charge in [-0.2, -0.15) is 0 Å². The van der Waals surface area contributed by atoms with Gasteiger partial charge in [-0.1, -0.05) is 153 Å². The van der Waals surface area contributed by atoms with Crippen LogP contribution in [0.5, 0.6) is 23.0 Å². The SMILES string of the molecule is CC1(C)c2ccccc2-c2ccc(N(c3ccc4c(c3)Oc3c(ccc5c3-c3ccccc3C53c5ccccc5-c5ccccc53)O4)c3cccc4c3sc3ccccc34)cc21. The number of fused-ring (bicyclic) bond motifs is 19. The van der Waals surface area contributed by atoms with Gasteiger partial charge in [0.05, 0.1) is 21.5 Å². The largest absolute Gasteiger partial charge is 0.449 e. The van der Waals surface area contributed by atoms with Gasteiger partial charge in [0.2, 0.25) is 0 Å². The van der Waals surface area contributed by atoms with E-state index in [1.807, 2.05) is 11.3 Å². The summed E-state index contributed by atoms with van der Waals surface area (Å²) in [6, 6.07) is 68.8. The molecule has 0 bridgehead atoms. The fraction of sp³-hybridized carbons (Fsp3) is 0.0690. The zero-order chi connectivity index (χ0) is 40.9. The lowest BCUT2D eigenvalue weighted by molar-refractivity contribution is 0.360. The summed E-state index contributed by atoms with van der Waals surface area (Å²) >= 11 is 1.85. The first-order valence-electron chi connectivity index (χ1n) is 21.4. The summed E-state index contributed by atoms with van der Waals surface area (Å²) in [5.74, 6) is 2.87. The third kappa shape index (κ3) is 4.29. The number of hydrogen-bond acceptors (Lipinski definition) is 4. The lowest BCUT2D eigenvalue weighted by Gasteiger charge is -2.31. The van der Waals surface area contributed by atoms with Crippen LogP contribution in [0.4, 0.5) is 17.1 Å². The van der Waals surface area contributed by atoms with E-state index < -0.39 is 5.41 Å². The first-order valence-corrected chi connectivity index (χ1v) is 22.2. The molecule has 0 N–H and O–H groups in total. The van der Waals surface area contributed by atoms with E-state index in [9.17, 15) is 0 Å². The molecule has 4 heteroatoms. The second-order valence-electron chi connectivity index (χ2n) is 17.5. The second-order valence-corrected chi connectivity index (χ2v) is 18.6. The van der Waals surface area contributed by atoms with Crippen molar-refractivity contribution in [1.29, 1.82) is 0 Å². The van der Waals surface area contributed by atoms with Gasteiger partial charge < -0.3 is 14.4 Å². The van der Waals surface area contributed by atoms with Crippen LogP contribution in [-0.2, 0) is 10.8 Å². The van der Waals surface area contributed by atoms with E-state index in [2.05, 4.69) is 207 Å². The Hall–Kier alpha value is -7.40. The highest BCUT2D eigenvalue weighted by atomic mass is 32.1. The van der Waals surface area contributed by atoms with Crippen LogP contribution < -0.4 is 14.4 Å². The van der Waals surface area contributed by atoms with Crippen molar-refractivity contribution < 1.29 is 9.47 Å². The van der Waals surface area contributed by atoms with Crippen molar-refractivity contribution in [2.75, 3.05) is 4.90 Å². The molecule has 3 nitrogen and oxygen atoms in total. The number of nitrogens with zero attached hydrogens (tertiary/aromatic N) is 1. The molecule has 1 spiro atoms. The molecule has 292 valence electrons. The number of thiophene rings is 1. The summed E-state index contributed by atoms with van der Waals surface area (Å²) in [6.07, 6.45) is 0. The molecular weight excluding hydrogens is 775 g/mol. The molecule has 0 amide bonds. The number of hydrogen-bond donors (Lipinski definition) is 0. The molecule has 0 fully saturated rings. The highest BCUT2D eigenvalue weighted by molar-refractivity contribution is 7.26. The van der Waals surface area contributed by atoms with Gasteiger partial charge in [-0.15, -0.1) is 11.3 Å². The lowest BCUT2D eigenvalue weighted by atomic mass is 9.70. The van der Waals surface area contributed by atoms with Crippen molar-refractivity contribution in [3.05, 3.63) is 221 Å². The van der Waals surface area contributed by atoms with E-state index in [0.717, 1.165) is 34.1 Å². The fourth-order valence-electron chi connectivity index (χ4n) is 11.5. The summed E-state index contributed by atoms with van der Waals surface area (Å²) in [7, 11) is 0. The monoisotopic (exact) mass is 811 g/mol. The minimum absolute atomic E-state index is 0.151. The van der Waals surface area contributed by atoms with Crippen molar-refractivity contribution in [3.8, 4) is 56.4 Å². The van der Waals surface area contributed by atoms with Gasteiger partial charge in [0.1, 0.15) is 0 Å². The zero-order valence-corrected chi connectivity index (χ0v) is 34.9. The third-order valence-electron chi connectivity index (χ3n) is 14.1. The summed E-state index contributed by atoms with van der Waals surface area (Å²) < 4.78 is 16.6. The molecule has 62 heavy (non-hydrogen) atoms. The van der Waals surface area contributed by atoms with Crippen LogP contribution in [0.2, 0.25) is 0 Å². The highest BCUT2D eigenvalue weighted by Gasteiger charge is 2.53. The molecule has 3 aliphatic carbocycles. The Bertz CT molecular complexity index is 3550. The van der Waals surface area contributed by atoms with E-state index >= 15 is 0 Å². The van der Waals surface area contributed by atoms with E-state index in [-0.39, 0.29) is 5.41 Å². The van der Waals surface area contributed by atoms with Gasteiger partial charge in [0, 0.05) is 38.2 Å². The van der Waals surface area contributed by atoms with Gasteiger partial charge in [-0.25, -0.2) is 0 Å². The number of ether oxygens (including phenoxy) is 2. The standard InChI is InChI=1S/C58H37NO2S/c1-57(2)43-20-8-3-14-36(43)39-28-26-34(32-48(39)57)59(49-24-13-19-41-40-17-7-12-25-53(40)62-56(41)49)35-27-30-50-52(33-35)61-55-51(60-50)31-29-47-54(55)42-18-6-11-23-46(42)58(47)44-21-9-4-15-37(44)38-16-5-10-22-45(38)58/h3-33H,1-2H3. The molecular formula is C58H37NO2S. The van der Waals surface area contributed by atoms with Crippen LogP contribution in [0.15, 0.2) is 188 Å². The molecule has 10 aromatic rings. The van der Waals surface area contributed by atoms with Gasteiger partial charge >= 0.3 is 0 Å². The van der Waals surface area contributed by atoms with Crippen molar-refractivity contribution in [2.24, 2.45) is 0 Å². The molecule has 1 aromatic heterocycles. The topological polar surface area (TPSA) is 21.7 Å². The quantitative estimate of drug-likeness (QED) is 0.177. The molecule has 1 aliphatic heterocycles. The lowest BCUT2D eigenvalue weighted by Crippen LogP contribution is -2.25. The van der Waals surface area contributed by atoms with E-state index in [1.54, 1.807) is 0 Å². The van der Waals surface area contributed by atoms with Gasteiger partial charge in [0.25, 0.3) is 0 Å². The van der Waals surface area contributed by atoms with Crippen LogP contribution in [0, 0.1) is 0 Å². The van der Waals surface area contributed by atoms with Crippen molar-refractivity contribution in [2.45, 2.75) is 24.7 Å². The maximum absolute atomic E-state index is 7.25. The Kier molecular flexibility index (Phi) is 6.71. The van der Waals surface area contributed by atoms with E-state index in [1.165, 1.54) is 81.4 Å². The first kappa shape index (κ1) is 34.3. The first-order chi connectivity index (χ1) is 30.5. The van der Waals surface area contributed by atoms with Crippen LogP contribution in [0.1, 0.15) is 47.2 Å². The van der Waals surface area contributed by atoms with Crippen LogP contribution in [0.3, 0.4) is 0 Å². The summed E-state index contributed by atoms with van der Waals surface area (Å²) in [6.45, 7) is 4.70. The number of rotatable bonds is 3. The zero-order valence-electron chi connectivity index (χ0n) is 34.1. The highest BCUT2D eigenvalue weighted by Crippen LogP contribution is 2.66. The van der Waals surface area contributed by atoms with E-state index in [4.69, 9.17) is 9.47 Å². The number of anilines is 3. The molecule has 2 heterocycles. The predicted octanol–water partition coefficient (Wildman–Crippen LogP) is 16.1. The van der Waals surface area contributed by atoms with Crippen molar-refractivity contribution >= 4 is 48.6 Å². The Balaban J connectivity index is 0.963. The Labute approximate surface area is 363 Å². The fourth-order valence-corrected chi connectivity index (χ4v) is 12.7. The summed E-state index contributed by atoms with van der Waals surface area (Å²) in [5, 5.41) is 2.53. The molecule has 0 saturated heterocycles. The second kappa shape index (κ2) is 12.1. The smallest absolute Gasteiger partial charge is 0.178 e. The maximum atomic E-state index is 7.25. The molecule has 9 aromatic carbocycles. The van der Waals surface area contributed by atoms with Crippen LogP contribution >= 0.6 is 11.3 Å².